The molecule has 0 aliphatic carbocycles. The summed E-state index contributed by atoms with van der Waals surface area (Å²) in [6.07, 6.45) is 0.620. The van der Waals surface area contributed by atoms with Gasteiger partial charge in [0.25, 0.3) is 0 Å². The molecular formula is C21H20ClN3O2S. The third-order valence-electron chi connectivity index (χ3n) is 4.10. The first-order valence-electron chi connectivity index (χ1n) is 8.80. The lowest BCUT2D eigenvalue weighted by Gasteiger charge is -2.06. The van der Waals surface area contributed by atoms with E-state index in [0.29, 0.717) is 23.7 Å². The summed E-state index contributed by atoms with van der Waals surface area (Å²) >= 11 is 7.41. The number of rotatable bonds is 5. The number of benzene rings is 2. The fourth-order valence-electron chi connectivity index (χ4n) is 2.65. The van der Waals surface area contributed by atoms with E-state index in [-0.39, 0.29) is 0 Å². The van der Waals surface area contributed by atoms with Crippen LogP contribution in [0.15, 0.2) is 48.5 Å². The van der Waals surface area contributed by atoms with E-state index in [4.69, 9.17) is 11.6 Å². The number of nitrogens with zero attached hydrogens (tertiary/aromatic N) is 1. The third kappa shape index (κ3) is 5.18. The van der Waals surface area contributed by atoms with Gasteiger partial charge in [0.15, 0.2) is 0 Å². The van der Waals surface area contributed by atoms with Crippen molar-refractivity contribution < 1.29 is 9.59 Å². The highest BCUT2D eigenvalue weighted by atomic mass is 35.5. The number of hydrogen-bond acceptors (Lipinski definition) is 4. The summed E-state index contributed by atoms with van der Waals surface area (Å²) in [5.41, 5.74) is 3.74. The van der Waals surface area contributed by atoms with Crippen molar-refractivity contribution in [3.63, 3.8) is 0 Å². The molecule has 0 fully saturated rings. The van der Waals surface area contributed by atoms with E-state index >= 15 is 0 Å². The number of carbonyl (C=O) groups excluding carboxylic acids is 2. The monoisotopic (exact) mass is 413 g/mol. The summed E-state index contributed by atoms with van der Waals surface area (Å²) in [5.74, 6) is -1.38. The zero-order valence-electron chi connectivity index (χ0n) is 15.6. The molecule has 0 spiro atoms. The van der Waals surface area contributed by atoms with Crippen LogP contribution in [0.2, 0.25) is 5.02 Å². The number of carbonyl (C=O) groups is 2. The van der Waals surface area contributed by atoms with E-state index in [1.165, 1.54) is 5.56 Å². The highest BCUT2D eigenvalue weighted by Gasteiger charge is 2.14. The minimum atomic E-state index is -0.705. The highest BCUT2D eigenvalue weighted by Crippen LogP contribution is 2.28. The topological polar surface area (TPSA) is 71.1 Å². The van der Waals surface area contributed by atoms with Crippen LogP contribution in [0.4, 0.5) is 5.69 Å². The maximum Gasteiger partial charge on any atom is 0.313 e. The van der Waals surface area contributed by atoms with Crippen LogP contribution in [0.1, 0.15) is 16.1 Å². The molecule has 0 aliphatic heterocycles. The predicted octanol–water partition coefficient (Wildman–Crippen LogP) is 4.38. The van der Waals surface area contributed by atoms with Crippen molar-refractivity contribution in [1.29, 1.82) is 0 Å². The van der Waals surface area contributed by atoms with E-state index in [9.17, 15) is 9.59 Å². The lowest BCUT2D eigenvalue weighted by atomic mass is 10.1. The zero-order valence-corrected chi connectivity index (χ0v) is 17.2. The van der Waals surface area contributed by atoms with E-state index in [2.05, 4.69) is 34.7 Å². The van der Waals surface area contributed by atoms with Crippen molar-refractivity contribution in [2.75, 3.05) is 11.9 Å². The van der Waals surface area contributed by atoms with Crippen molar-refractivity contribution in [3.05, 3.63) is 69.7 Å². The Hall–Kier alpha value is -2.70. The molecule has 0 saturated heterocycles. The molecule has 144 valence electrons. The molecule has 2 N–H and O–H groups in total. The van der Waals surface area contributed by atoms with Crippen LogP contribution in [0.3, 0.4) is 0 Å². The number of anilines is 1. The fraction of sp³-hybridized carbons (Fsp3) is 0.190. The lowest BCUT2D eigenvalue weighted by Crippen LogP contribution is -2.36. The second-order valence-corrected chi connectivity index (χ2v) is 7.88. The largest absolute Gasteiger partial charge is 0.347 e. The summed E-state index contributed by atoms with van der Waals surface area (Å²) in [6.45, 7) is 4.37. The molecule has 1 heterocycles. The molecule has 0 unspecified atom stereocenters. The van der Waals surface area contributed by atoms with Crippen molar-refractivity contribution in [1.82, 2.24) is 10.3 Å². The van der Waals surface area contributed by atoms with Gasteiger partial charge in [-0.1, -0.05) is 35.4 Å². The first-order chi connectivity index (χ1) is 13.4. The molecule has 3 rings (SSSR count). The zero-order chi connectivity index (χ0) is 20.1. The SMILES string of the molecule is Cc1cccc(-c2nc(C)c(CCNC(=O)C(=O)Nc3ccc(Cl)cc3)s2)c1. The number of halogens is 1. The van der Waals surface area contributed by atoms with Gasteiger partial charge < -0.3 is 10.6 Å². The Balaban J connectivity index is 1.54. The van der Waals surface area contributed by atoms with Crippen LogP contribution in [-0.4, -0.2) is 23.3 Å². The van der Waals surface area contributed by atoms with Gasteiger partial charge in [-0.05, 0) is 44.2 Å². The summed E-state index contributed by atoms with van der Waals surface area (Å²) in [4.78, 5) is 29.7. The first kappa shape index (κ1) is 20.0. The van der Waals surface area contributed by atoms with Crippen LogP contribution < -0.4 is 10.6 Å². The molecule has 2 aromatic carbocycles. The number of aryl methyl sites for hydroxylation is 2. The maximum atomic E-state index is 12.0. The third-order valence-corrected chi connectivity index (χ3v) is 5.62. The Morgan fingerprint density at radius 1 is 1.07 bits per heavy atom. The first-order valence-corrected chi connectivity index (χ1v) is 10.00. The van der Waals surface area contributed by atoms with Gasteiger partial charge in [-0.25, -0.2) is 4.98 Å². The molecule has 28 heavy (non-hydrogen) atoms. The highest BCUT2D eigenvalue weighted by molar-refractivity contribution is 7.15. The van der Waals surface area contributed by atoms with Gasteiger partial charge in [0.05, 0.1) is 5.69 Å². The van der Waals surface area contributed by atoms with Crippen molar-refractivity contribution in [2.45, 2.75) is 20.3 Å². The lowest BCUT2D eigenvalue weighted by molar-refractivity contribution is -0.136. The van der Waals surface area contributed by atoms with Gasteiger partial charge in [0.2, 0.25) is 0 Å². The van der Waals surface area contributed by atoms with E-state index in [0.717, 1.165) is 21.1 Å². The summed E-state index contributed by atoms with van der Waals surface area (Å²) in [7, 11) is 0. The summed E-state index contributed by atoms with van der Waals surface area (Å²) in [5, 5.41) is 6.71. The van der Waals surface area contributed by atoms with Gasteiger partial charge >= 0.3 is 11.8 Å². The average molecular weight is 414 g/mol. The van der Waals surface area contributed by atoms with Crippen LogP contribution in [0.25, 0.3) is 10.6 Å². The molecule has 0 radical (unpaired) electrons. The van der Waals surface area contributed by atoms with Crippen LogP contribution in [0, 0.1) is 13.8 Å². The number of nitrogens with one attached hydrogen (secondary N) is 2. The van der Waals surface area contributed by atoms with Gasteiger partial charge in [0.1, 0.15) is 5.01 Å². The molecule has 0 atom stereocenters. The maximum absolute atomic E-state index is 12.0. The Morgan fingerprint density at radius 2 is 1.82 bits per heavy atom. The number of hydrogen-bond donors (Lipinski definition) is 2. The van der Waals surface area contributed by atoms with Crippen LogP contribution in [-0.2, 0) is 16.0 Å². The quantitative estimate of drug-likeness (QED) is 0.610. The molecule has 0 saturated carbocycles. The molecule has 2 amide bonds. The van der Waals surface area contributed by atoms with Crippen molar-refractivity contribution >= 4 is 40.4 Å². The predicted molar refractivity (Wildman–Crippen MR) is 114 cm³/mol. The molecule has 3 aromatic rings. The van der Waals surface area contributed by atoms with Crippen LogP contribution in [0.5, 0.6) is 0 Å². The van der Waals surface area contributed by atoms with E-state index in [1.807, 2.05) is 19.1 Å². The van der Waals surface area contributed by atoms with Crippen LogP contribution >= 0.6 is 22.9 Å². The minimum Gasteiger partial charge on any atom is -0.347 e. The second kappa shape index (κ2) is 8.99. The van der Waals surface area contributed by atoms with Gasteiger partial charge in [-0.15, -0.1) is 11.3 Å². The van der Waals surface area contributed by atoms with Gasteiger partial charge in [-0.2, -0.15) is 0 Å². The van der Waals surface area contributed by atoms with Crippen molar-refractivity contribution in [2.24, 2.45) is 0 Å². The molecule has 0 aliphatic rings. The van der Waals surface area contributed by atoms with E-state index in [1.54, 1.807) is 35.6 Å². The fourth-order valence-corrected chi connectivity index (χ4v) is 3.84. The second-order valence-electron chi connectivity index (χ2n) is 6.36. The Kier molecular flexibility index (Phi) is 6.44. The Bertz CT molecular complexity index is 999. The smallest absolute Gasteiger partial charge is 0.313 e. The Morgan fingerprint density at radius 3 is 2.54 bits per heavy atom. The van der Waals surface area contributed by atoms with E-state index < -0.39 is 11.8 Å². The average Bonchev–Trinajstić information content (AvgIpc) is 3.04. The summed E-state index contributed by atoms with van der Waals surface area (Å²) < 4.78 is 0. The molecule has 0 bridgehead atoms. The molecule has 1 aromatic heterocycles. The molecule has 7 heteroatoms. The molecule has 5 nitrogen and oxygen atoms in total. The minimum absolute atomic E-state index is 0.364. The Labute approximate surface area is 172 Å². The summed E-state index contributed by atoms with van der Waals surface area (Å²) in [6, 6.07) is 14.8. The standard InChI is InChI=1S/C21H20ClN3O2S/c1-13-4-3-5-15(12-13)21-24-14(2)18(28-21)10-11-23-19(26)20(27)25-17-8-6-16(22)7-9-17/h3-9,12H,10-11H2,1-2H3,(H,23,26)(H,25,27). The number of thiazole rings is 1. The molecular weight excluding hydrogens is 394 g/mol. The normalized spacial score (nSPS) is 10.5. The number of aromatic nitrogens is 1. The van der Waals surface area contributed by atoms with Gasteiger partial charge in [0, 0.05) is 34.1 Å². The number of amides is 2. The van der Waals surface area contributed by atoms with Crippen molar-refractivity contribution in [3.8, 4) is 10.6 Å². The van der Waals surface area contributed by atoms with Gasteiger partial charge in [-0.3, -0.25) is 9.59 Å².